The second-order valence-electron chi connectivity index (χ2n) is 7.62. The Labute approximate surface area is 160 Å². The molecule has 1 aromatic carbocycles. The first-order valence-electron chi connectivity index (χ1n) is 8.89. The molecule has 2 aromatic heterocycles. The van der Waals surface area contributed by atoms with Crippen LogP contribution in [0.5, 0.6) is 0 Å². The molecule has 3 heterocycles. The standard InChI is InChI=1S/C20H19N5O3/c1-20(2)10-16-22-15-9-12(6-7-13(15)19(28)25(16)11-20)17(26)23-24-18(27)14-5-3-4-8-21-14/h3-9H,10-11H2,1-2H3,(H,23,26)(H,24,27). The maximum absolute atomic E-state index is 12.7. The van der Waals surface area contributed by atoms with Crippen LogP contribution >= 0.6 is 0 Å². The normalized spacial score (nSPS) is 14.5. The average molecular weight is 377 g/mol. The second-order valence-corrected chi connectivity index (χ2v) is 7.62. The molecule has 0 spiro atoms. The Bertz CT molecular complexity index is 1150. The highest BCUT2D eigenvalue weighted by molar-refractivity contribution is 6.00. The largest absolute Gasteiger partial charge is 0.296 e. The van der Waals surface area contributed by atoms with Crippen LogP contribution in [0.1, 0.15) is 40.5 Å². The van der Waals surface area contributed by atoms with Gasteiger partial charge in [0.2, 0.25) is 0 Å². The smallest absolute Gasteiger partial charge is 0.288 e. The zero-order valence-electron chi connectivity index (χ0n) is 15.5. The average Bonchev–Trinajstić information content (AvgIpc) is 3.00. The first kappa shape index (κ1) is 17.8. The summed E-state index contributed by atoms with van der Waals surface area (Å²) in [6.45, 7) is 4.82. The molecule has 8 nitrogen and oxygen atoms in total. The zero-order valence-corrected chi connectivity index (χ0v) is 15.5. The van der Waals surface area contributed by atoms with Gasteiger partial charge in [0.1, 0.15) is 11.5 Å². The van der Waals surface area contributed by atoms with Gasteiger partial charge in [-0.3, -0.25) is 34.8 Å². The predicted molar refractivity (Wildman–Crippen MR) is 103 cm³/mol. The molecule has 1 aliphatic rings. The third kappa shape index (κ3) is 3.24. The summed E-state index contributed by atoms with van der Waals surface area (Å²) in [4.78, 5) is 45.6. The predicted octanol–water partition coefficient (Wildman–Crippen LogP) is 1.45. The number of aromatic nitrogens is 3. The van der Waals surface area contributed by atoms with Crippen molar-refractivity contribution in [2.75, 3.05) is 0 Å². The highest BCUT2D eigenvalue weighted by Gasteiger charge is 2.31. The molecule has 142 valence electrons. The highest BCUT2D eigenvalue weighted by atomic mass is 16.2. The minimum Gasteiger partial charge on any atom is -0.296 e. The molecule has 0 atom stereocenters. The maximum atomic E-state index is 12.7. The molecule has 0 radical (unpaired) electrons. The van der Waals surface area contributed by atoms with Crippen LogP contribution in [0.2, 0.25) is 0 Å². The molecule has 0 unspecified atom stereocenters. The van der Waals surface area contributed by atoms with Crippen molar-refractivity contribution in [2.45, 2.75) is 26.8 Å². The lowest BCUT2D eigenvalue weighted by atomic mass is 9.92. The van der Waals surface area contributed by atoms with Crippen molar-refractivity contribution in [2.24, 2.45) is 5.41 Å². The van der Waals surface area contributed by atoms with Crippen molar-refractivity contribution >= 4 is 22.7 Å². The molecule has 0 aliphatic carbocycles. The lowest BCUT2D eigenvalue weighted by Gasteiger charge is -2.13. The van der Waals surface area contributed by atoms with Crippen LogP contribution in [0.3, 0.4) is 0 Å². The molecule has 0 saturated heterocycles. The fourth-order valence-electron chi connectivity index (χ4n) is 3.37. The van der Waals surface area contributed by atoms with Crippen LogP contribution in [0.25, 0.3) is 10.9 Å². The van der Waals surface area contributed by atoms with Gasteiger partial charge in [0.05, 0.1) is 10.9 Å². The van der Waals surface area contributed by atoms with Gasteiger partial charge in [0.15, 0.2) is 0 Å². The van der Waals surface area contributed by atoms with Crippen molar-refractivity contribution in [3.8, 4) is 0 Å². The number of benzene rings is 1. The molecule has 2 N–H and O–H groups in total. The monoisotopic (exact) mass is 377 g/mol. The van der Waals surface area contributed by atoms with E-state index >= 15 is 0 Å². The minimum absolute atomic E-state index is 0.0213. The Morgan fingerprint density at radius 3 is 2.64 bits per heavy atom. The SMILES string of the molecule is CC1(C)Cc2nc3cc(C(=O)NNC(=O)c4ccccn4)ccc3c(=O)n2C1. The van der Waals surface area contributed by atoms with E-state index in [0.29, 0.717) is 29.4 Å². The molecular weight excluding hydrogens is 358 g/mol. The number of carbonyl (C=O) groups excluding carboxylic acids is 2. The number of pyridine rings is 1. The van der Waals surface area contributed by atoms with Crippen LogP contribution in [0.4, 0.5) is 0 Å². The van der Waals surface area contributed by atoms with Crippen LogP contribution < -0.4 is 16.4 Å². The van der Waals surface area contributed by atoms with Gasteiger partial charge in [-0.2, -0.15) is 0 Å². The first-order chi connectivity index (χ1) is 13.3. The fourth-order valence-corrected chi connectivity index (χ4v) is 3.37. The molecule has 2 amide bonds. The van der Waals surface area contributed by atoms with E-state index in [-0.39, 0.29) is 16.7 Å². The summed E-state index contributed by atoms with van der Waals surface area (Å²) in [5.41, 5.74) is 5.51. The topological polar surface area (TPSA) is 106 Å². The van der Waals surface area contributed by atoms with Crippen molar-refractivity contribution < 1.29 is 9.59 Å². The van der Waals surface area contributed by atoms with E-state index in [2.05, 4.69) is 34.7 Å². The van der Waals surface area contributed by atoms with Gasteiger partial charge >= 0.3 is 0 Å². The summed E-state index contributed by atoms with van der Waals surface area (Å²) in [7, 11) is 0. The van der Waals surface area contributed by atoms with E-state index in [4.69, 9.17) is 0 Å². The van der Waals surface area contributed by atoms with Gasteiger partial charge in [0, 0.05) is 24.7 Å². The number of carbonyl (C=O) groups is 2. The molecular formula is C20H19N5O3. The molecule has 4 rings (SSSR count). The van der Waals surface area contributed by atoms with Crippen LogP contribution in [0, 0.1) is 5.41 Å². The van der Waals surface area contributed by atoms with E-state index < -0.39 is 11.8 Å². The maximum Gasteiger partial charge on any atom is 0.288 e. The van der Waals surface area contributed by atoms with Crippen LogP contribution in [0.15, 0.2) is 47.4 Å². The van der Waals surface area contributed by atoms with E-state index in [9.17, 15) is 14.4 Å². The Hall–Kier alpha value is -3.55. The highest BCUT2D eigenvalue weighted by Crippen LogP contribution is 2.29. The fraction of sp³-hybridized carbons (Fsp3) is 0.250. The summed E-state index contributed by atoms with van der Waals surface area (Å²) in [5.74, 6) is -0.302. The van der Waals surface area contributed by atoms with Gasteiger partial charge in [-0.1, -0.05) is 19.9 Å². The summed E-state index contributed by atoms with van der Waals surface area (Å²) in [6.07, 6.45) is 2.19. The molecule has 0 saturated carbocycles. The molecule has 0 bridgehead atoms. The number of hydrogen-bond acceptors (Lipinski definition) is 5. The van der Waals surface area contributed by atoms with Gasteiger partial charge in [0.25, 0.3) is 17.4 Å². The van der Waals surface area contributed by atoms with E-state index in [0.717, 1.165) is 5.82 Å². The van der Waals surface area contributed by atoms with Crippen LogP contribution in [-0.4, -0.2) is 26.3 Å². The van der Waals surface area contributed by atoms with Gasteiger partial charge < -0.3 is 0 Å². The third-order valence-electron chi connectivity index (χ3n) is 4.71. The van der Waals surface area contributed by atoms with Gasteiger partial charge in [-0.05, 0) is 35.7 Å². The van der Waals surface area contributed by atoms with Gasteiger partial charge in [-0.15, -0.1) is 0 Å². The first-order valence-corrected chi connectivity index (χ1v) is 8.89. The minimum atomic E-state index is -0.522. The number of fused-ring (bicyclic) bond motifs is 2. The van der Waals surface area contributed by atoms with Crippen molar-refractivity contribution in [3.05, 3.63) is 70.0 Å². The lowest BCUT2D eigenvalue weighted by molar-refractivity contribution is 0.0844. The zero-order chi connectivity index (χ0) is 19.9. The number of amides is 2. The molecule has 28 heavy (non-hydrogen) atoms. The van der Waals surface area contributed by atoms with Gasteiger partial charge in [-0.25, -0.2) is 4.98 Å². The number of hydrogen-bond donors (Lipinski definition) is 2. The second kappa shape index (κ2) is 6.56. The summed E-state index contributed by atoms with van der Waals surface area (Å²) < 4.78 is 1.70. The van der Waals surface area contributed by atoms with Crippen molar-refractivity contribution in [1.29, 1.82) is 0 Å². The molecule has 3 aromatic rings. The number of rotatable bonds is 2. The third-order valence-corrected chi connectivity index (χ3v) is 4.71. The molecule has 0 fully saturated rings. The summed E-state index contributed by atoms with van der Waals surface area (Å²) >= 11 is 0. The van der Waals surface area contributed by atoms with Crippen molar-refractivity contribution in [1.82, 2.24) is 25.4 Å². The quantitative estimate of drug-likeness (QED) is 0.658. The number of nitrogens with zero attached hydrogens (tertiary/aromatic N) is 3. The molecule has 8 heteroatoms. The Morgan fingerprint density at radius 2 is 1.89 bits per heavy atom. The number of hydrazine groups is 1. The lowest BCUT2D eigenvalue weighted by Crippen LogP contribution is -2.41. The van der Waals surface area contributed by atoms with E-state index in [1.54, 1.807) is 34.9 Å². The van der Waals surface area contributed by atoms with Crippen LogP contribution in [-0.2, 0) is 13.0 Å². The Balaban J connectivity index is 1.56. The summed E-state index contributed by atoms with van der Waals surface area (Å²) in [6, 6.07) is 9.61. The Kier molecular flexibility index (Phi) is 4.18. The molecule has 1 aliphatic heterocycles. The summed E-state index contributed by atoms with van der Waals surface area (Å²) in [5, 5.41) is 0.468. The number of nitrogens with one attached hydrogen (secondary N) is 2. The Morgan fingerprint density at radius 1 is 1.11 bits per heavy atom. The van der Waals surface area contributed by atoms with E-state index in [1.165, 1.54) is 12.3 Å². The van der Waals surface area contributed by atoms with Crippen molar-refractivity contribution in [3.63, 3.8) is 0 Å². The van der Waals surface area contributed by atoms with E-state index in [1.807, 2.05) is 0 Å².